The Kier molecular flexibility index (Phi) is 4.28. The van der Waals surface area contributed by atoms with Crippen LogP contribution in [0.1, 0.15) is 12.8 Å². The summed E-state index contributed by atoms with van der Waals surface area (Å²) in [4.78, 5) is 0. The van der Waals surface area contributed by atoms with E-state index in [1.807, 2.05) is 0 Å². The van der Waals surface area contributed by atoms with Gasteiger partial charge in [0.25, 0.3) is 0 Å². The number of thiol groups is 1. The van der Waals surface area contributed by atoms with Crippen molar-refractivity contribution in [2.24, 2.45) is 0 Å². The summed E-state index contributed by atoms with van der Waals surface area (Å²) < 4.78 is 0. The van der Waals surface area contributed by atoms with Gasteiger partial charge in [0.05, 0.1) is 0 Å². The molecule has 0 aliphatic rings. The lowest BCUT2D eigenvalue weighted by atomic mass is 10.4. The number of unbranched alkanes of at least 4 members (excludes halogenated alkanes) is 1. The zero-order chi connectivity index (χ0) is 10.8. The summed E-state index contributed by atoms with van der Waals surface area (Å²) in [7, 11) is -1.45. The maximum atomic E-state index is 2.48. The van der Waals surface area contributed by atoms with Crippen molar-refractivity contribution >= 4 is 19.2 Å². The van der Waals surface area contributed by atoms with Crippen molar-refractivity contribution in [2.45, 2.75) is 12.8 Å². The van der Waals surface area contributed by atoms with E-state index >= 15 is 0 Å². The molecule has 0 amide bonds. The molecule has 13 heavy (non-hydrogen) atoms. The lowest BCUT2D eigenvalue weighted by molar-refractivity contribution is 0.897. The van der Waals surface area contributed by atoms with E-state index < -0.39 is 9.16 Å². The third kappa shape index (κ3) is 12.7. The fourth-order valence-electron chi connectivity index (χ4n) is 1.28. The van der Waals surface area contributed by atoms with Gasteiger partial charge < -0.3 is 0 Å². The SMILES string of the molecule is CS(C)(C)CCCC[SH](C)(C)(C)C. The van der Waals surface area contributed by atoms with Gasteiger partial charge in [-0.3, -0.25) is 9.16 Å². The van der Waals surface area contributed by atoms with Crippen molar-refractivity contribution in [1.82, 2.24) is 0 Å². The molecule has 0 saturated carbocycles. The molecule has 0 atom stereocenters. The van der Waals surface area contributed by atoms with Crippen molar-refractivity contribution in [3.05, 3.63) is 0 Å². The normalized spacial score (nSPS) is 17.9. The predicted molar refractivity (Wildman–Crippen MR) is 77.0 cm³/mol. The van der Waals surface area contributed by atoms with Crippen molar-refractivity contribution in [3.8, 4) is 0 Å². The standard InChI is InChI=1S/C11H30S2/c1-12(2,3)10-8-9-11-13(4,5,6)7/h13H,8-11H2,1-7H3. The van der Waals surface area contributed by atoms with E-state index in [1.165, 1.54) is 24.3 Å². The van der Waals surface area contributed by atoms with Gasteiger partial charge in [-0.25, -0.2) is 10.0 Å². The third-order valence-corrected chi connectivity index (χ3v) is 5.68. The molecule has 0 spiro atoms. The maximum absolute atomic E-state index is 2.48. The topological polar surface area (TPSA) is 0 Å². The van der Waals surface area contributed by atoms with Crippen LogP contribution in [-0.2, 0) is 0 Å². The highest BCUT2D eigenvalue weighted by Gasteiger charge is 2.17. The van der Waals surface area contributed by atoms with Crippen LogP contribution >= 0.6 is 19.2 Å². The molecular formula is C11H30S2. The van der Waals surface area contributed by atoms with Crippen LogP contribution in [0, 0.1) is 0 Å². The summed E-state index contributed by atoms with van der Waals surface area (Å²) in [6.45, 7) is 0. The van der Waals surface area contributed by atoms with Crippen molar-refractivity contribution < 1.29 is 0 Å². The first-order chi connectivity index (χ1) is 5.46. The van der Waals surface area contributed by atoms with Crippen molar-refractivity contribution in [3.63, 3.8) is 0 Å². The average Bonchev–Trinajstić information content (AvgIpc) is 1.74. The second kappa shape index (κ2) is 4.06. The Morgan fingerprint density at radius 3 is 1.62 bits per heavy atom. The van der Waals surface area contributed by atoms with Crippen LogP contribution in [0.3, 0.4) is 0 Å². The molecular weight excluding hydrogens is 196 g/mol. The molecule has 2 heteroatoms. The summed E-state index contributed by atoms with van der Waals surface area (Å²) >= 11 is 0. The minimum Gasteiger partial charge on any atom is -0.292 e. The molecule has 0 aromatic rings. The Morgan fingerprint density at radius 1 is 0.846 bits per heavy atom. The summed E-state index contributed by atoms with van der Waals surface area (Å²) in [5.41, 5.74) is 0. The first-order valence-corrected chi connectivity index (χ1v) is 12.4. The number of rotatable bonds is 5. The molecule has 0 saturated heterocycles. The van der Waals surface area contributed by atoms with Gasteiger partial charge in [-0.1, -0.05) is 0 Å². The Balaban J connectivity index is 3.60. The average molecular weight is 226 g/mol. The van der Waals surface area contributed by atoms with Crippen molar-refractivity contribution in [2.75, 3.05) is 55.3 Å². The van der Waals surface area contributed by atoms with Crippen molar-refractivity contribution in [1.29, 1.82) is 0 Å². The Morgan fingerprint density at radius 2 is 1.31 bits per heavy atom. The summed E-state index contributed by atoms with van der Waals surface area (Å²) in [6.07, 6.45) is 20.1. The highest BCUT2D eigenvalue weighted by molar-refractivity contribution is 8.47. The molecule has 0 unspecified atom stereocenters. The first kappa shape index (κ1) is 13.7. The molecule has 0 radical (unpaired) electrons. The predicted octanol–water partition coefficient (Wildman–Crippen LogP) is 3.05. The van der Waals surface area contributed by atoms with Gasteiger partial charge in [-0.15, -0.1) is 0 Å². The Labute approximate surface area is 87.5 Å². The smallest absolute Gasteiger partial charge is 0.0235 e. The van der Waals surface area contributed by atoms with E-state index in [-0.39, 0.29) is 10.0 Å². The minimum absolute atomic E-state index is 0.247. The Hall–Kier alpha value is 0.700. The van der Waals surface area contributed by atoms with E-state index in [4.69, 9.17) is 0 Å². The van der Waals surface area contributed by atoms with Crippen LogP contribution in [0.2, 0.25) is 0 Å². The maximum Gasteiger partial charge on any atom is -0.0235 e. The van der Waals surface area contributed by atoms with E-state index in [2.05, 4.69) is 43.8 Å². The molecule has 0 aliphatic carbocycles. The number of hydrogen-bond acceptors (Lipinski definition) is 0. The van der Waals surface area contributed by atoms with E-state index in [0.29, 0.717) is 0 Å². The molecule has 86 valence electrons. The fourth-order valence-corrected chi connectivity index (χ4v) is 3.84. The summed E-state index contributed by atoms with van der Waals surface area (Å²) in [5, 5.41) is 0. The molecule has 0 N–H and O–H groups in total. The van der Waals surface area contributed by atoms with E-state index in [1.54, 1.807) is 0 Å². The van der Waals surface area contributed by atoms with Gasteiger partial charge in [-0.2, -0.15) is 0 Å². The highest BCUT2D eigenvalue weighted by atomic mass is 32.3. The van der Waals surface area contributed by atoms with Crippen LogP contribution in [0.5, 0.6) is 0 Å². The molecule has 0 fully saturated rings. The third-order valence-electron chi connectivity index (χ3n) is 2.06. The molecule has 0 nitrogen and oxygen atoms in total. The van der Waals surface area contributed by atoms with Crippen LogP contribution in [-0.4, -0.2) is 55.3 Å². The van der Waals surface area contributed by atoms with Gasteiger partial charge >= 0.3 is 0 Å². The molecule has 0 aromatic heterocycles. The molecule has 0 heterocycles. The summed E-state index contributed by atoms with van der Waals surface area (Å²) in [6, 6.07) is 0. The molecule has 0 bridgehead atoms. The zero-order valence-corrected chi connectivity index (χ0v) is 12.4. The lowest BCUT2D eigenvalue weighted by Crippen LogP contribution is -2.15. The van der Waals surface area contributed by atoms with Crippen LogP contribution in [0.25, 0.3) is 0 Å². The molecule has 0 aromatic carbocycles. The molecule has 0 rings (SSSR count). The minimum atomic E-state index is -1.20. The summed E-state index contributed by atoms with van der Waals surface area (Å²) in [5.74, 6) is 2.93. The van der Waals surface area contributed by atoms with Gasteiger partial charge in [-0.05, 0) is 68.1 Å². The monoisotopic (exact) mass is 226 g/mol. The lowest BCUT2D eigenvalue weighted by Gasteiger charge is -2.47. The van der Waals surface area contributed by atoms with Crippen LogP contribution < -0.4 is 0 Å². The largest absolute Gasteiger partial charge is 0.292 e. The van der Waals surface area contributed by atoms with Crippen LogP contribution in [0.4, 0.5) is 0 Å². The number of hydrogen-bond donors (Lipinski definition) is 1. The van der Waals surface area contributed by atoms with E-state index in [9.17, 15) is 0 Å². The van der Waals surface area contributed by atoms with Gasteiger partial charge in [0.1, 0.15) is 0 Å². The van der Waals surface area contributed by atoms with Gasteiger partial charge in [0.15, 0.2) is 0 Å². The second-order valence-corrected chi connectivity index (χ2v) is 20.1. The second-order valence-electron chi connectivity index (χ2n) is 7.17. The molecule has 0 aliphatic heterocycles. The first-order valence-electron chi connectivity index (χ1n) is 5.12. The van der Waals surface area contributed by atoms with Crippen LogP contribution in [0.15, 0.2) is 0 Å². The Bertz CT molecular complexity index is 148. The van der Waals surface area contributed by atoms with Gasteiger partial charge in [0, 0.05) is 0 Å². The zero-order valence-electron chi connectivity index (χ0n) is 10.7. The quantitative estimate of drug-likeness (QED) is 0.541. The van der Waals surface area contributed by atoms with E-state index in [0.717, 1.165) is 0 Å². The van der Waals surface area contributed by atoms with Gasteiger partial charge in [0.2, 0.25) is 0 Å². The highest BCUT2D eigenvalue weighted by Crippen LogP contribution is 2.56. The fraction of sp³-hybridized carbons (Fsp3) is 1.00.